The Balaban J connectivity index is 1.65. The molecule has 0 saturated heterocycles. The van der Waals surface area contributed by atoms with E-state index >= 15 is 0 Å². The third-order valence-corrected chi connectivity index (χ3v) is 7.54. The van der Waals surface area contributed by atoms with Crippen LogP contribution in [0.1, 0.15) is 42.7 Å². The Morgan fingerprint density at radius 3 is 2.35 bits per heavy atom. The van der Waals surface area contributed by atoms with Crippen molar-refractivity contribution >= 4 is 32.7 Å². The monoisotopic (exact) mass is 486 g/mol. The molecule has 3 aromatic carbocycles. The summed E-state index contributed by atoms with van der Waals surface area (Å²) < 4.78 is 45.7. The number of amides is 1. The molecule has 0 saturated carbocycles. The van der Waals surface area contributed by atoms with Crippen LogP contribution in [0.15, 0.2) is 65.6 Å². The summed E-state index contributed by atoms with van der Waals surface area (Å²) in [5.41, 5.74) is 0.727. The smallest absolute Gasteiger partial charge is 0.338 e. The van der Waals surface area contributed by atoms with Gasteiger partial charge in [-0.2, -0.15) is 4.31 Å². The van der Waals surface area contributed by atoms with Gasteiger partial charge in [-0.25, -0.2) is 17.6 Å². The van der Waals surface area contributed by atoms with Gasteiger partial charge in [0.2, 0.25) is 10.0 Å². The third kappa shape index (κ3) is 5.60. The Morgan fingerprint density at radius 2 is 1.68 bits per heavy atom. The molecule has 3 aromatic rings. The van der Waals surface area contributed by atoms with E-state index in [0.29, 0.717) is 0 Å². The van der Waals surface area contributed by atoms with Crippen LogP contribution >= 0.6 is 0 Å². The van der Waals surface area contributed by atoms with E-state index in [1.807, 2.05) is 49.4 Å². The molecule has 0 aliphatic carbocycles. The Morgan fingerprint density at radius 1 is 1.00 bits per heavy atom. The van der Waals surface area contributed by atoms with Crippen LogP contribution in [0.5, 0.6) is 0 Å². The van der Waals surface area contributed by atoms with Crippen molar-refractivity contribution in [1.29, 1.82) is 0 Å². The zero-order valence-corrected chi connectivity index (χ0v) is 20.1. The first-order valence-electron chi connectivity index (χ1n) is 10.9. The normalized spacial score (nSPS) is 12.5. The second-order valence-corrected chi connectivity index (χ2v) is 9.61. The van der Waals surface area contributed by atoms with Crippen LogP contribution < -0.4 is 5.32 Å². The van der Waals surface area contributed by atoms with Gasteiger partial charge in [0.05, 0.1) is 11.6 Å². The van der Waals surface area contributed by atoms with Gasteiger partial charge in [0.1, 0.15) is 10.7 Å². The molecule has 1 atom stereocenters. The van der Waals surface area contributed by atoms with Crippen molar-refractivity contribution in [3.63, 3.8) is 0 Å². The first-order valence-corrected chi connectivity index (χ1v) is 12.4. The van der Waals surface area contributed by atoms with E-state index in [0.717, 1.165) is 38.8 Å². The van der Waals surface area contributed by atoms with E-state index in [1.165, 1.54) is 0 Å². The number of fused-ring (bicyclic) bond motifs is 1. The van der Waals surface area contributed by atoms with Gasteiger partial charge in [-0.3, -0.25) is 4.79 Å². The molecular formula is C25H27FN2O5S. The van der Waals surface area contributed by atoms with Gasteiger partial charge in [-0.15, -0.1) is 0 Å². The first-order chi connectivity index (χ1) is 16.2. The zero-order valence-electron chi connectivity index (χ0n) is 19.2. The molecule has 0 fully saturated rings. The summed E-state index contributed by atoms with van der Waals surface area (Å²) in [4.78, 5) is 24.1. The summed E-state index contributed by atoms with van der Waals surface area (Å²) in [6.45, 7) is 4.83. The summed E-state index contributed by atoms with van der Waals surface area (Å²) in [6, 6.07) is 16.3. The molecule has 0 aromatic heterocycles. The van der Waals surface area contributed by atoms with Crippen molar-refractivity contribution in [2.45, 2.75) is 31.7 Å². The highest BCUT2D eigenvalue weighted by atomic mass is 32.2. The highest BCUT2D eigenvalue weighted by Gasteiger charge is 2.27. The Labute approximate surface area is 198 Å². The van der Waals surface area contributed by atoms with Crippen molar-refractivity contribution < 1.29 is 27.1 Å². The molecule has 0 aliphatic heterocycles. The molecule has 0 heterocycles. The molecule has 0 bridgehead atoms. The highest BCUT2D eigenvalue weighted by Crippen LogP contribution is 2.22. The molecule has 1 unspecified atom stereocenters. The number of carbonyl (C=O) groups excluding carboxylic acids is 2. The quantitative estimate of drug-likeness (QED) is 0.461. The fraction of sp³-hybridized carbons (Fsp3) is 0.280. The summed E-state index contributed by atoms with van der Waals surface area (Å²) in [6.07, 6.45) is 0. The van der Waals surface area contributed by atoms with E-state index in [4.69, 9.17) is 4.74 Å². The number of ether oxygens (including phenoxy) is 1. The SMILES string of the molecule is CCN(CC)S(=O)(=O)c1cc(C(=O)OCC(=O)NC(C)c2ccc3ccccc3c2)ccc1F. The molecule has 1 amide bonds. The molecule has 180 valence electrons. The van der Waals surface area contributed by atoms with Crippen LogP contribution in [0.4, 0.5) is 4.39 Å². The minimum absolute atomic E-state index is 0.155. The second-order valence-electron chi connectivity index (χ2n) is 7.71. The van der Waals surface area contributed by atoms with Crippen molar-refractivity contribution in [2.75, 3.05) is 19.7 Å². The number of hydrogen-bond donors (Lipinski definition) is 1. The second kappa shape index (κ2) is 10.8. The number of nitrogens with zero attached hydrogens (tertiary/aromatic N) is 1. The van der Waals surface area contributed by atoms with Gasteiger partial charge >= 0.3 is 5.97 Å². The third-order valence-electron chi connectivity index (χ3n) is 5.48. The van der Waals surface area contributed by atoms with Crippen LogP contribution in [0.25, 0.3) is 10.8 Å². The maximum absolute atomic E-state index is 14.3. The fourth-order valence-electron chi connectivity index (χ4n) is 3.59. The number of benzene rings is 3. The molecule has 0 aliphatic rings. The fourth-order valence-corrected chi connectivity index (χ4v) is 5.14. The lowest BCUT2D eigenvalue weighted by atomic mass is 10.0. The van der Waals surface area contributed by atoms with Crippen molar-refractivity contribution in [2.24, 2.45) is 0 Å². The molecule has 0 radical (unpaired) electrons. The van der Waals surface area contributed by atoms with Crippen LogP contribution in [-0.2, 0) is 19.6 Å². The summed E-state index contributed by atoms with van der Waals surface area (Å²) in [5, 5.41) is 4.89. The van der Waals surface area contributed by atoms with Crippen LogP contribution in [0.3, 0.4) is 0 Å². The van der Waals surface area contributed by atoms with Crippen LogP contribution in [-0.4, -0.2) is 44.3 Å². The number of esters is 1. The molecule has 3 rings (SSSR count). The van der Waals surface area contributed by atoms with Crippen LogP contribution in [0.2, 0.25) is 0 Å². The number of rotatable bonds is 9. The van der Waals surface area contributed by atoms with Gasteiger partial charge in [0.15, 0.2) is 6.61 Å². The highest BCUT2D eigenvalue weighted by molar-refractivity contribution is 7.89. The van der Waals surface area contributed by atoms with Gasteiger partial charge in [-0.1, -0.05) is 50.2 Å². The number of sulfonamides is 1. The van der Waals surface area contributed by atoms with Gasteiger partial charge in [0, 0.05) is 13.1 Å². The molecule has 1 N–H and O–H groups in total. The largest absolute Gasteiger partial charge is 0.452 e. The first kappa shape index (κ1) is 25.3. The van der Waals surface area contributed by atoms with E-state index < -0.39 is 39.2 Å². The number of carbonyl (C=O) groups is 2. The van der Waals surface area contributed by atoms with Crippen molar-refractivity contribution in [3.8, 4) is 0 Å². The lowest BCUT2D eigenvalue weighted by Crippen LogP contribution is -2.32. The number of nitrogens with one attached hydrogen (secondary N) is 1. The topological polar surface area (TPSA) is 92.8 Å². The summed E-state index contributed by atoms with van der Waals surface area (Å²) in [7, 11) is -4.11. The molecule has 9 heteroatoms. The molecule has 34 heavy (non-hydrogen) atoms. The molecule has 0 spiro atoms. The average Bonchev–Trinajstić information content (AvgIpc) is 2.82. The zero-order chi connectivity index (χ0) is 24.9. The van der Waals surface area contributed by atoms with E-state index in [-0.39, 0.29) is 24.7 Å². The predicted molar refractivity (Wildman–Crippen MR) is 127 cm³/mol. The Kier molecular flexibility index (Phi) is 8.01. The molecular weight excluding hydrogens is 459 g/mol. The number of hydrogen-bond acceptors (Lipinski definition) is 5. The van der Waals surface area contributed by atoms with Gasteiger partial charge in [0.25, 0.3) is 5.91 Å². The maximum Gasteiger partial charge on any atom is 0.338 e. The lowest BCUT2D eigenvalue weighted by molar-refractivity contribution is -0.124. The number of halogens is 1. The van der Waals surface area contributed by atoms with E-state index in [2.05, 4.69) is 5.32 Å². The Bertz CT molecular complexity index is 1310. The predicted octanol–water partition coefficient (Wildman–Crippen LogP) is 4.04. The molecule has 7 nitrogen and oxygen atoms in total. The average molecular weight is 487 g/mol. The van der Waals surface area contributed by atoms with E-state index in [9.17, 15) is 22.4 Å². The lowest BCUT2D eigenvalue weighted by Gasteiger charge is -2.19. The minimum atomic E-state index is -4.11. The maximum atomic E-state index is 14.3. The summed E-state index contributed by atoms with van der Waals surface area (Å²) >= 11 is 0. The van der Waals surface area contributed by atoms with Crippen LogP contribution in [0, 0.1) is 5.82 Å². The summed E-state index contributed by atoms with van der Waals surface area (Å²) in [5.74, 6) is -2.41. The Hall–Kier alpha value is -3.30. The standard InChI is InChI=1S/C25H27FN2O5S/c1-4-28(5-2)34(31,32)23-15-21(12-13-22(23)26)25(30)33-16-24(29)27-17(3)19-11-10-18-8-6-7-9-20(18)14-19/h6-15,17H,4-5,16H2,1-3H3,(H,27,29). The van der Waals surface area contributed by atoms with E-state index in [1.54, 1.807) is 13.8 Å². The minimum Gasteiger partial charge on any atom is -0.452 e. The van der Waals surface area contributed by atoms with Crippen molar-refractivity contribution in [3.05, 3.63) is 77.6 Å². The van der Waals surface area contributed by atoms with Gasteiger partial charge < -0.3 is 10.1 Å². The van der Waals surface area contributed by atoms with Crippen molar-refractivity contribution in [1.82, 2.24) is 9.62 Å². The van der Waals surface area contributed by atoms with Gasteiger partial charge in [-0.05, 0) is 47.5 Å².